The summed E-state index contributed by atoms with van der Waals surface area (Å²) in [7, 11) is 0. The van der Waals surface area contributed by atoms with Crippen molar-refractivity contribution in [2.24, 2.45) is 11.1 Å². The highest BCUT2D eigenvalue weighted by Gasteiger charge is 2.54. The minimum atomic E-state index is -4.81. The molecule has 0 aliphatic heterocycles. The molecule has 0 atom stereocenters. The zero-order chi connectivity index (χ0) is 28.2. The number of nitrogens with zero attached hydrogens (tertiary/aromatic N) is 3. The number of hydrogen-bond donors (Lipinski definition) is 3. The quantitative estimate of drug-likeness (QED) is 0.394. The molecule has 0 aromatic carbocycles. The van der Waals surface area contributed by atoms with Crippen molar-refractivity contribution in [1.82, 2.24) is 19.7 Å². The van der Waals surface area contributed by atoms with Crippen LogP contribution in [-0.4, -0.2) is 55.6 Å². The van der Waals surface area contributed by atoms with E-state index in [0.717, 1.165) is 10.6 Å². The smallest absolute Gasteiger partial charge is 0.450 e. The molecule has 13 heteroatoms. The summed E-state index contributed by atoms with van der Waals surface area (Å²) in [5.74, 6) is -2.28. The van der Waals surface area contributed by atoms with Crippen LogP contribution in [0.25, 0.3) is 5.52 Å². The maximum Gasteiger partial charge on any atom is 0.450 e. The van der Waals surface area contributed by atoms with Crippen LogP contribution in [0.3, 0.4) is 0 Å². The van der Waals surface area contributed by atoms with Crippen LogP contribution in [0.1, 0.15) is 66.2 Å². The second kappa shape index (κ2) is 9.40. The Morgan fingerprint density at radius 3 is 2.56 bits per heavy atom. The first-order chi connectivity index (χ1) is 18.2. The normalized spacial score (nSPS) is 22.7. The summed E-state index contributed by atoms with van der Waals surface area (Å²) < 4.78 is 53.2. The van der Waals surface area contributed by atoms with Crippen molar-refractivity contribution < 1.29 is 37.3 Å². The van der Waals surface area contributed by atoms with Gasteiger partial charge in [0.2, 0.25) is 11.7 Å². The largest absolute Gasteiger partial charge is 0.489 e. The number of nitrogens with two attached hydrogens (primary N) is 1. The Hall–Kier alpha value is -3.87. The molecule has 0 radical (unpaired) electrons. The summed E-state index contributed by atoms with van der Waals surface area (Å²) in [4.78, 5) is 32.3. The van der Waals surface area contributed by atoms with E-state index in [4.69, 9.17) is 15.2 Å². The van der Waals surface area contributed by atoms with Crippen LogP contribution in [-0.2, 0) is 6.18 Å². The number of amides is 2. The fraction of sp³-hybridized carbons (Fsp3) is 0.462. The zero-order valence-corrected chi connectivity index (χ0v) is 21.3. The number of ether oxygens (including phenoxy) is 2. The van der Waals surface area contributed by atoms with Crippen LogP contribution in [0.2, 0.25) is 0 Å². The third-order valence-electron chi connectivity index (χ3n) is 7.00. The number of aromatic nitrogens is 3. The van der Waals surface area contributed by atoms with E-state index in [-0.39, 0.29) is 52.6 Å². The van der Waals surface area contributed by atoms with E-state index < -0.39 is 29.4 Å². The van der Waals surface area contributed by atoms with Crippen molar-refractivity contribution in [1.29, 1.82) is 0 Å². The Morgan fingerprint density at radius 2 is 1.92 bits per heavy atom. The molecule has 2 fully saturated rings. The Balaban J connectivity index is 1.22. The molecule has 4 N–H and O–H groups in total. The molecule has 3 heterocycles. The number of rotatable bonds is 8. The standard InChI is InChI=1S/C26H28F3N5O5/c1-24(2,37)13-38-15-5-6-18-19(33-23(26(27,28)29)34(18)12-15)21(36)32-14-8-25(9-14)10-16(11-25)39-22-17(20(30)35)4-3-7-31-22/h3-7,12,14,16,37H,8-11,13H2,1-2H3,(H2,30,35)(H,32,36). The first-order valence-electron chi connectivity index (χ1n) is 12.4. The Morgan fingerprint density at radius 1 is 1.21 bits per heavy atom. The molecule has 2 saturated carbocycles. The highest BCUT2D eigenvalue weighted by atomic mass is 19.4. The summed E-state index contributed by atoms with van der Waals surface area (Å²) in [6.07, 6.45) is 0.367. The molecule has 2 amide bonds. The van der Waals surface area contributed by atoms with Crippen LogP contribution in [0, 0.1) is 5.41 Å². The van der Waals surface area contributed by atoms with E-state index >= 15 is 0 Å². The van der Waals surface area contributed by atoms with Crippen molar-refractivity contribution in [2.75, 3.05) is 6.61 Å². The van der Waals surface area contributed by atoms with Gasteiger partial charge in [-0.1, -0.05) is 0 Å². The second-order valence-electron chi connectivity index (χ2n) is 11.0. The monoisotopic (exact) mass is 547 g/mol. The van der Waals surface area contributed by atoms with Crippen molar-refractivity contribution in [3.8, 4) is 11.6 Å². The second-order valence-corrected chi connectivity index (χ2v) is 11.0. The van der Waals surface area contributed by atoms with Gasteiger partial charge in [-0.3, -0.25) is 14.0 Å². The van der Waals surface area contributed by atoms with E-state index in [2.05, 4.69) is 15.3 Å². The number of carbonyl (C=O) groups is 2. The average molecular weight is 548 g/mol. The lowest BCUT2D eigenvalue weighted by Crippen LogP contribution is -2.58. The van der Waals surface area contributed by atoms with E-state index in [9.17, 15) is 27.9 Å². The molecule has 0 bridgehead atoms. The summed E-state index contributed by atoms with van der Waals surface area (Å²) in [6, 6.07) is 5.69. The molecule has 0 saturated heterocycles. The summed E-state index contributed by atoms with van der Waals surface area (Å²) in [5, 5.41) is 12.6. The molecule has 39 heavy (non-hydrogen) atoms. The Bertz CT molecular complexity index is 1420. The van der Waals surface area contributed by atoms with E-state index in [1.165, 1.54) is 32.2 Å². The maximum atomic E-state index is 13.7. The highest BCUT2D eigenvalue weighted by Crippen LogP contribution is 2.56. The van der Waals surface area contributed by atoms with Gasteiger partial charge >= 0.3 is 6.18 Å². The first kappa shape index (κ1) is 26.7. The van der Waals surface area contributed by atoms with Crippen molar-refractivity contribution in [3.63, 3.8) is 0 Å². The number of hydrogen-bond acceptors (Lipinski definition) is 7. The lowest BCUT2D eigenvalue weighted by atomic mass is 9.53. The Labute approximate surface area is 221 Å². The van der Waals surface area contributed by atoms with Gasteiger partial charge in [0.15, 0.2) is 5.69 Å². The van der Waals surface area contributed by atoms with Gasteiger partial charge in [-0.2, -0.15) is 13.2 Å². The van der Waals surface area contributed by atoms with Crippen molar-refractivity contribution >= 4 is 17.3 Å². The molecule has 2 aliphatic carbocycles. The van der Waals surface area contributed by atoms with E-state index in [1.807, 2.05) is 0 Å². The molecule has 5 rings (SSSR count). The van der Waals surface area contributed by atoms with Crippen molar-refractivity contribution in [3.05, 3.63) is 53.7 Å². The van der Waals surface area contributed by atoms with Crippen LogP contribution >= 0.6 is 0 Å². The van der Waals surface area contributed by atoms with Gasteiger partial charge in [-0.25, -0.2) is 9.97 Å². The number of fused-ring (bicyclic) bond motifs is 1. The number of nitrogens with one attached hydrogen (secondary N) is 1. The van der Waals surface area contributed by atoms with Gasteiger partial charge in [0.1, 0.15) is 24.0 Å². The van der Waals surface area contributed by atoms with Crippen LogP contribution in [0.5, 0.6) is 11.6 Å². The molecule has 1 spiro atoms. The van der Waals surface area contributed by atoms with Crippen LogP contribution in [0.15, 0.2) is 36.7 Å². The molecule has 208 valence electrons. The molecule has 3 aromatic heterocycles. The fourth-order valence-corrected chi connectivity index (χ4v) is 5.27. The van der Waals surface area contributed by atoms with Gasteiger partial charge in [-0.05, 0) is 69.2 Å². The van der Waals surface area contributed by atoms with E-state index in [0.29, 0.717) is 25.7 Å². The molecule has 0 unspecified atom stereocenters. The summed E-state index contributed by atoms with van der Waals surface area (Å²) in [6.45, 7) is 2.88. The SMILES string of the molecule is CC(C)(O)COc1ccc2c(C(=O)NC3CC4(C3)CC(Oc3ncccc3C(N)=O)C4)nc(C(F)(F)F)n2c1. The number of carbonyl (C=O) groups excluding carboxylic acids is 2. The van der Waals surface area contributed by atoms with Gasteiger partial charge in [0.05, 0.1) is 17.3 Å². The number of primary amides is 1. The topological polar surface area (TPSA) is 141 Å². The first-order valence-corrected chi connectivity index (χ1v) is 12.4. The third-order valence-corrected chi connectivity index (χ3v) is 7.00. The highest BCUT2D eigenvalue weighted by molar-refractivity contribution is 5.99. The molecular formula is C26H28F3N5O5. The summed E-state index contributed by atoms with van der Waals surface area (Å²) >= 11 is 0. The number of halogens is 3. The predicted molar refractivity (Wildman–Crippen MR) is 131 cm³/mol. The molecular weight excluding hydrogens is 519 g/mol. The fourth-order valence-electron chi connectivity index (χ4n) is 5.27. The predicted octanol–water partition coefficient (Wildman–Crippen LogP) is 3.12. The number of alkyl halides is 3. The lowest BCUT2D eigenvalue weighted by molar-refractivity contribution is -0.145. The minimum Gasteiger partial charge on any atom is -0.489 e. The molecule has 2 aliphatic rings. The zero-order valence-electron chi connectivity index (χ0n) is 21.3. The number of aliphatic hydroxyl groups is 1. The third kappa shape index (κ3) is 5.49. The molecule has 10 nitrogen and oxygen atoms in total. The van der Waals surface area contributed by atoms with Gasteiger partial charge in [-0.15, -0.1) is 0 Å². The minimum absolute atomic E-state index is 0.0119. The maximum absolute atomic E-state index is 13.7. The van der Waals surface area contributed by atoms with Gasteiger partial charge in [0, 0.05) is 12.2 Å². The van der Waals surface area contributed by atoms with Crippen LogP contribution < -0.4 is 20.5 Å². The Kier molecular flexibility index (Phi) is 6.44. The number of imidazole rings is 1. The van der Waals surface area contributed by atoms with Gasteiger partial charge in [0.25, 0.3) is 11.8 Å². The van der Waals surface area contributed by atoms with Crippen molar-refractivity contribution in [2.45, 2.75) is 63.5 Å². The van der Waals surface area contributed by atoms with Crippen LogP contribution in [0.4, 0.5) is 13.2 Å². The lowest BCUT2D eigenvalue weighted by Gasteiger charge is -2.57. The average Bonchev–Trinajstić information content (AvgIpc) is 3.19. The number of pyridine rings is 2. The van der Waals surface area contributed by atoms with Gasteiger partial charge < -0.3 is 25.6 Å². The van der Waals surface area contributed by atoms with E-state index in [1.54, 1.807) is 12.1 Å². The molecule has 3 aromatic rings. The summed E-state index contributed by atoms with van der Waals surface area (Å²) in [5.41, 5.74) is 4.01.